The molecule has 7 heteroatoms. The number of benzene rings is 1. The van der Waals surface area contributed by atoms with Crippen molar-refractivity contribution in [2.45, 2.75) is 6.10 Å². The normalized spacial score (nSPS) is 17.7. The van der Waals surface area contributed by atoms with Crippen LogP contribution < -0.4 is 20.9 Å². The highest BCUT2D eigenvalue weighted by Gasteiger charge is 2.29. The van der Waals surface area contributed by atoms with Crippen LogP contribution in [-0.4, -0.2) is 36.7 Å². The van der Waals surface area contributed by atoms with Gasteiger partial charge in [-0.05, 0) is 18.2 Å². The Hall–Kier alpha value is -2.28. The van der Waals surface area contributed by atoms with E-state index in [1.807, 2.05) is 0 Å². The molecule has 2 amide bonds. The average molecular weight is 251 g/mol. The van der Waals surface area contributed by atoms with Gasteiger partial charge in [-0.3, -0.25) is 14.8 Å². The highest BCUT2D eigenvalue weighted by Crippen LogP contribution is 2.33. The monoisotopic (exact) mass is 251 g/mol. The van der Waals surface area contributed by atoms with Gasteiger partial charge < -0.3 is 15.4 Å². The molecule has 1 atom stereocenters. The van der Waals surface area contributed by atoms with Gasteiger partial charge in [0.25, 0.3) is 5.91 Å². The maximum atomic E-state index is 11.3. The lowest BCUT2D eigenvalue weighted by Gasteiger charge is -2.32. The van der Waals surface area contributed by atoms with Gasteiger partial charge in [-0.1, -0.05) is 0 Å². The van der Waals surface area contributed by atoms with Crippen molar-refractivity contribution in [1.82, 2.24) is 5.48 Å². The summed E-state index contributed by atoms with van der Waals surface area (Å²) < 4.78 is 5.42. The minimum absolute atomic E-state index is 0.265. The third kappa shape index (κ3) is 2.07. The van der Waals surface area contributed by atoms with Gasteiger partial charge in [0.15, 0.2) is 6.10 Å². The van der Waals surface area contributed by atoms with Gasteiger partial charge in [0.1, 0.15) is 5.75 Å². The number of nitrogens with two attached hydrogens (primary N) is 1. The Labute approximate surface area is 103 Å². The Morgan fingerprint density at radius 3 is 2.89 bits per heavy atom. The van der Waals surface area contributed by atoms with Gasteiger partial charge in [-0.25, -0.2) is 5.48 Å². The molecular formula is C11H13N3O4. The highest BCUT2D eigenvalue weighted by atomic mass is 16.5. The molecule has 0 aromatic heterocycles. The molecule has 0 bridgehead atoms. The number of fused-ring (bicyclic) bond motifs is 1. The number of hydrogen-bond donors (Lipinski definition) is 3. The summed E-state index contributed by atoms with van der Waals surface area (Å²) in [6.45, 7) is 0.265. The van der Waals surface area contributed by atoms with Gasteiger partial charge >= 0.3 is 0 Å². The van der Waals surface area contributed by atoms with Gasteiger partial charge in [0.2, 0.25) is 5.91 Å². The van der Waals surface area contributed by atoms with E-state index in [9.17, 15) is 9.59 Å². The van der Waals surface area contributed by atoms with E-state index < -0.39 is 17.9 Å². The van der Waals surface area contributed by atoms with Crippen LogP contribution in [0.1, 0.15) is 10.4 Å². The molecule has 0 radical (unpaired) electrons. The molecule has 7 nitrogen and oxygen atoms in total. The highest BCUT2D eigenvalue weighted by molar-refractivity contribution is 5.94. The van der Waals surface area contributed by atoms with Crippen LogP contribution in [0.3, 0.4) is 0 Å². The van der Waals surface area contributed by atoms with Gasteiger partial charge in [0, 0.05) is 12.6 Å². The zero-order chi connectivity index (χ0) is 13.3. The quantitative estimate of drug-likeness (QED) is 0.485. The number of likely N-dealkylation sites (N-methyl/N-ethyl adjacent to an activating group) is 1. The predicted octanol–water partition coefficient (Wildman–Crippen LogP) is -0.512. The topological polar surface area (TPSA) is 105 Å². The summed E-state index contributed by atoms with van der Waals surface area (Å²) in [5, 5.41) is 8.58. The lowest BCUT2D eigenvalue weighted by atomic mass is 10.1. The molecule has 4 N–H and O–H groups in total. The summed E-state index contributed by atoms with van der Waals surface area (Å²) in [6.07, 6.45) is -0.799. The third-order valence-corrected chi connectivity index (χ3v) is 2.77. The number of carbonyl (C=O) groups is 2. The SMILES string of the molecule is CN1CC(C(=O)NO)Oc2ccc(C(N)=O)cc21. The Kier molecular flexibility index (Phi) is 3.07. The first-order valence-electron chi connectivity index (χ1n) is 5.28. The van der Waals surface area contributed by atoms with E-state index >= 15 is 0 Å². The van der Waals surface area contributed by atoms with Crippen LogP contribution in [0.5, 0.6) is 5.75 Å². The summed E-state index contributed by atoms with van der Waals surface area (Å²) in [5.74, 6) is -0.685. The van der Waals surface area contributed by atoms with Crippen LogP contribution in [0.4, 0.5) is 5.69 Å². The molecule has 0 spiro atoms. The zero-order valence-electron chi connectivity index (χ0n) is 9.71. The van der Waals surface area contributed by atoms with Crippen LogP contribution in [0.2, 0.25) is 0 Å². The van der Waals surface area contributed by atoms with Crippen molar-refractivity contribution in [2.24, 2.45) is 5.73 Å². The summed E-state index contributed by atoms with van der Waals surface area (Å²) in [6, 6.07) is 4.70. The Morgan fingerprint density at radius 1 is 1.56 bits per heavy atom. The average Bonchev–Trinajstić information content (AvgIpc) is 2.37. The number of primary amides is 1. The molecule has 1 aliphatic rings. The summed E-state index contributed by atoms with van der Waals surface area (Å²) in [7, 11) is 1.75. The number of anilines is 1. The molecule has 0 saturated heterocycles. The van der Waals surface area contributed by atoms with E-state index in [4.69, 9.17) is 15.7 Å². The maximum Gasteiger partial charge on any atom is 0.286 e. The smallest absolute Gasteiger partial charge is 0.286 e. The standard InChI is InChI=1S/C11H13N3O4/c1-14-5-9(11(16)13-17)18-8-3-2-6(10(12)15)4-7(8)14/h2-4,9,17H,5H2,1H3,(H2,12,15)(H,13,16). The molecule has 0 aliphatic carbocycles. The minimum atomic E-state index is -0.799. The van der Waals surface area contributed by atoms with Crippen LogP contribution >= 0.6 is 0 Å². The first-order chi connectivity index (χ1) is 8.52. The van der Waals surface area contributed by atoms with Crippen LogP contribution in [0.25, 0.3) is 0 Å². The number of ether oxygens (including phenoxy) is 1. The third-order valence-electron chi connectivity index (χ3n) is 2.77. The molecule has 96 valence electrons. The molecule has 1 aromatic carbocycles. The summed E-state index contributed by atoms with van der Waals surface area (Å²) in [4.78, 5) is 24.1. The largest absolute Gasteiger partial charge is 0.476 e. The molecule has 1 heterocycles. The zero-order valence-corrected chi connectivity index (χ0v) is 9.71. The second kappa shape index (κ2) is 4.53. The van der Waals surface area contributed by atoms with Crippen LogP contribution in [-0.2, 0) is 4.79 Å². The first-order valence-corrected chi connectivity index (χ1v) is 5.28. The second-order valence-electron chi connectivity index (χ2n) is 4.01. The fraction of sp³-hybridized carbons (Fsp3) is 0.273. The minimum Gasteiger partial charge on any atom is -0.476 e. The molecule has 1 unspecified atom stereocenters. The van der Waals surface area contributed by atoms with E-state index in [0.717, 1.165) is 0 Å². The number of hydroxylamine groups is 1. The number of nitrogens with one attached hydrogen (secondary N) is 1. The van der Waals surface area contributed by atoms with Crippen molar-refractivity contribution >= 4 is 17.5 Å². The fourth-order valence-electron chi connectivity index (χ4n) is 1.81. The van der Waals surface area contributed by atoms with E-state index in [2.05, 4.69) is 0 Å². The molecule has 2 rings (SSSR count). The molecular weight excluding hydrogens is 238 g/mol. The molecule has 18 heavy (non-hydrogen) atoms. The van der Waals surface area contributed by atoms with E-state index in [-0.39, 0.29) is 6.54 Å². The van der Waals surface area contributed by atoms with Gasteiger partial charge in [0.05, 0.1) is 12.2 Å². The lowest BCUT2D eigenvalue weighted by molar-refractivity contribution is -0.136. The molecule has 1 aromatic rings. The molecule has 1 aliphatic heterocycles. The van der Waals surface area contributed by atoms with Crippen molar-refractivity contribution in [3.05, 3.63) is 23.8 Å². The predicted molar refractivity (Wildman–Crippen MR) is 62.6 cm³/mol. The van der Waals surface area contributed by atoms with Crippen molar-refractivity contribution in [3.8, 4) is 5.75 Å². The Balaban J connectivity index is 2.33. The number of carbonyl (C=O) groups excluding carboxylic acids is 2. The summed E-state index contributed by atoms with van der Waals surface area (Å²) in [5.41, 5.74) is 7.79. The Morgan fingerprint density at radius 2 is 2.28 bits per heavy atom. The van der Waals surface area contributed by atoms with Crippen molar-refractivity contribution in [2.75, 3.05) is 18.5 Å². The first kappa shape index (κ1) is 12.2. The van der Waals surface area contributed by atoms with Gasteiger partial charge in [-0.2, -0.15) is 0 Å². The number of rotatable bonds is 2. The van der Waals surface area contributed by atoms with Crippen molar-refractivity contribution in [1.29, 1.82) is 0 Å². The van der Waals surface area contributed by atoms with Crippen molar-refractivity contribution < 1.29 is 19.5 Å². The second-order valence-corrected chi connectivity index (χ2v) is 4.01. The maximum absolute atomic E-state index is 11.3. The van der Waals surface area contributed by atoms with Crippen LogP contribution in [0, 0.1) is 0 Å². The van der Waals surface area contributed by atoms with E-state index in [0.29, 0.717) is 17.0 Å². The molecule has 0 saturated carbocycles. The van der Waals surface area contributed by atoms with Crippen molar-refractivity contribution in [3.63, 3.8) is 0 Å². The van der Waals surface area contributed by atoms with E-state index in [1.54, 1.807) is 29.6 Å². The van der Waals surface area contributed by atoms with E-state index in [1.165, 1.54) is 6.07 Å². The lowest BCUT2D eigenvalue weighted by Crippen LogP contribution is -2.47. The number of amides is 2. The number of nitrogens with zero attached hydrogens (tertiary/aromatic N) is 1. The van der Waals surface area contributed by atoms with Gasteiger partial charge in [-0.15, -0.1) is 0 Å². The summed E-state index contributed by atoms with van der Waals surface area (Å²) >= 11 is 0. The number of hydrogen-bond acceptors (Lipinski definition) is 5. The van der Waals surface area contributed by atoms with Crippen LogP contribution in [0.15, 0.2) is 18.2 Å². The Bertz CT molecular complexity index is 503. The molecule has 0 fully saturated rings. The fourth-order valence-corrected chi connectivity index (χ4v) is 1.81.